The number of aliphatic carboxylic acids is 1. The largest absolute Gasteiger partial charge is 0.480 e. The van der Waals surface area contributed by atoms with Crippen LogP contribution in [0.25, 0.3) is 11.1 Å². The highest BCUT2D eigenvalue weighted by Crippen LogP contribution is 2.39. The van der Waals surface area contributed by atoms with E-state index in [0.717, 1.165) is 24.0 Å². The Morgan fingerprint density at radius 3 is 2.65 bits per heavy atom. The van der Waals surface area contributed by atoms with Crippen LogP contribution in [0.15, 0.2) is 42.7 Å². The fourth-order valence-corrected chi connectivity index (χ4v) is 2.47. The average Bonchev–Trinajstić information content (AvgIpc) is 3.21. The van der Waals surface area contributed by atoms with Crippen LogP contribution in [0.2, 0.25) is 0 Å². The summed E-state index contributed by atoms with van der Waals surface area (Å²) in [6, 6.07) is 9.86. The maximum atomic E-state index is 11.4. The number of hydrogen-bond acceptors (Lipinski definition) is 3. The Morgan fingerprint density at radius 2 is 2.05 bits per heavy atom. The quantitative estimate of drug-likeness (QED) is 0.868. The van der Waals surface area contributed by atoms with Crippen LogP contribution >= 0.6 is 0 Å². The van der Waals surface area contributed by atoms with E-state index in [4.69, 9.17) is 5.73 Å². The number of nitrogens with zero attached hydrogens (tertiary/aromatic N) is 2. The van der Waals surface area contributed by atoms with Gasteiger partial charge in [-0.2, -0.15) is 5.10 Å². The lowest BCUT2D eigenvalue weighted by molar-refractivity contribution is -0.145. The van der Waals surface area contributed by atoms with E-state index in [2.05, 4.69) is 5.10 Å². The van der Waals surface area contributed by atoms with Gasteiger partial charge in [0, 0.05) is 11.8 Å². The number of benzene rings is 1. The molecule has 1 heterocycles. The van der Waals surface area contributed by atoms with Crippen LogP contribution in [0.3, 0.4) is 0 Å². The van der Waals surface area contributed by atoms with Crippen molar-refractivity contribution in [1.82, 2.24) is 9.78 Å². The fourth-order valence-electron chi connectivity index (χ4n) is 2.47. The molecule has 0 saturated heterocycles. The number of hydrogen-bond donors (Lipinski definition) is 2. The van der Waals surface area contributed by atoms with Crippen molar-refractivity contribution in [2.24, 2.45) is 11.7 Å². The molecule has 3 N–H and O–H groups in total. The molecule has 1 atom stereocenters. The van der Waals surface area contributed by atoms with Crippen molar-refractivity contribution in [2.45, 2.75) is 24.9 Å². The molecule has 104 valence electrons. The standard InChI is InChI=1S/C15H17N3O2/c16-15(14(19)20,13-6-7-13)10-18-9-12(8-17-18)11-4-2-1-3-5-11/h1-5,8-9,13H,6-7,10,16H2,(H,19,20). The van der Waals surface area contributed by atoms with Gasteiger partial charge in [0.2, 0.25) is 0 Å². The summed E-state index contributed by atoms with van der Waals surface area (Å²) in [5.41, 5.74) is 6.88. The minimum Gasteiger partial charge on any atom is -0.480 e. The van der Waals surface area contributed by atoms with Crippen molar-refractivity contribution in [3.63, 3.8) is 0 Å². The lowest BCUT2D eigenvalue weighted by Gasteiger charge is -2.24. The van der Waals surface area contributed by atoms with Gasteiger partial charge in [-0.05, 0) is 24.3 Å². The van der Waals surface area contributed by atoms with Crippen LogP contribution in [0.5, 0.6) is 0 Å². The SMILES string of the molecule is NC(Cn1cc(-c2ccccc2)cn1)(C(=O)O)C1CC1. The number of carbonyl (C=O) groups is 1. The number of aromatic nitrogens is 2. The van der Waals surface area contributed by atoms with E-state index < -0.39 is 11.5 Å². The maximum absolute atomic E-state index is 11.4. The highest BCUT2D eigenvalue weighted by atomic mass is 16.4. The molecular weight excluding hydrogens is 254 g/mol. The summed E-state index contributed by atoms with van der Waals surface area (Å²) in [6.07, 6.45) is 5.36. The van der Waals surface area contributed by atoms with Crippen LogP contribution in [-0.2, 0) is 11.3 Å². The minimum atomic E-state index is -1.21. The Bertz CT molecular complexity index is 619. The summed E-state index contributed by atoms with van der Waals surface area (Å²) < 4.78 is 1.63. The second-order valence-electron chi connectivity index (χ2n) is 5.41. The smallest absolute Gasteiger partial charge is 0.325 e. The van der Waals surface area contributed by atoms with Crippen LogP contribution < -0.4 is 5.73 Å². The maximum Gasteiger partial charge on any atom is 0.325 e. The van der Waals surface area contributed by atoms with Gasteiger partial charge >= 0.3 is 5.97 Å². The summed E-state index contributed by atoms with van der Waals surface area (Å²) >= 11 is 0. The third-order valence-electron chi connectivity index (χ3n) is 3.87. The molecule has 5 nitrogen and oxygen atoms in total. The van der Waals surface area contributed by atoms with Gasteiger partial charge < -0.3 is 10.8 Å². The van der Waals surface area contributed by atoms with Gasteiger partial charge in [0.1, 0.15) is 5.54 Å². The Balaban J connectivity index is 1.82. The highest BCUT2D eigenvalue weighted by Gasteiger charge is 2.48. The van der Waals surface area contributed by atoms with E-state index >= 15 is 0 Å². The zero-order valence-electron chi connectivity index (χ0n) is 11.1. The normalized spacial score (nSPS) is 17.6. The van der Waals surface area contributed by atoms with E-state index in [9.17, 15) is 9.90 Å². The van der Waals surface area contributed by atoms with Gasteiger partial charge in [-0.25, -0.2) is 0 Å². The number of nitrogens with two attached hydrogens (primary N) is 1. The molecule has 1 fully saturated rings. The summed E-state index contributed by atoms with van der Waals surface area (Å²) in [5, 5.41) is 13.6. The molecule has 0 radical (unpaired) electrons. The third kappa shape index (κ3) is 2.32. The van der Waals surface area contributed by atoms with E-state index in [1.54, 1.807) is 10.9 Å². The third-order valence-corrected chi connectivity index (χ3v) is 3.87. The first-order valence-electron chi connectivity index (χ1n) is 6.70. The number of carboxylic acids is 1. The second-order valence-corrected chi connectivity index (χ2v) is 5.41. The van der Waals surface area contributed by atoms with Crippen LogP contribution in [0, 0.1) is 5.92 Å². The molecule has 2 aromatic rings. The van der Waals surface area contributed by atoms with Crippen molar-refractivity contribution < 1.29 is 9.90 Å². The molecule has 20 heavy (non-hydrogen) atoms. The van der Waals surface area contributed by atoms with Crippen molar-refractivity contribution >= 4 is 5.97 Å². The molecule has 3 rings (SSSR count). The van der Waals surface area contributed by atoms with Crippen molar-refractivity contribution in [3.05, 3.63) is 42.7 Å². The molecule has 0 bridgehead atoms. The Labute approximate surface area is 117 Å². The van der Waals surface area contributed by atoms with E-state index in [-0.39, 0.29) is 12.5 Å². The molecule has 1 aromatic carbocycles. The molecule has 1 saturated carbocycles. The van der Waals surface area contributed by atoms with E-state index in [0.29, 0.717) is 0 Å². The summed E-state index contributed by atoms with van der Waals surface area (Å²) in [6.45, 7) is 0.208. The first-order valence-corrected chi connectivity index (χ1v) is 6.70. The predicted molar refractivity (Wildman–Crippen MR) is 74.9 cm³/mol. The molecule has 0 amide bonds. The van der Waals surface area contributed by atoms with Crippen molar-refractivity contribution in [2.75, 3.05) is 0 Å². The lowest BCUT2D eigenvalue weighted by Crippen LogP contribution is -2.53. The lowest BCUT2D eigenvalue weighted by atomic mass is 9.95. The molecule has 1 aliphatic rings. The first-order chi connectivity index (χ1) is 9.59. The number of carboxylic acid groups (broad SMARTS) is 1. The van der Waals surface area contributed by atoms with Gasteiger partial charge in [0.15, 0.2) is 0 Å². The molecule has 0 spiro atoms. The second kappa shape index (κ2) is 4.76. The van der Waals surface area contributed by atoms with Crippen LogP contribution in [0.4, 0.5) is 0 Å². The molecule has 1 aliphatic carbocycles. The Kier molecular flexibility index (Phi) is 3.06. The van der Waals surface area contributed by atoms with Gasteiger partial charge in [-0.15, -0.1) is 0 Å². The Morgan fingerprint density at radius 1 is 1.35 bits per heavy atom. The molecule has 1 unspecified atom stereocenters. The zero-order valence-corrected chi connectivity index (χ0v) is 11.1. The van der Waals surface area contributed by atoms with Crippen LogP contribution in [-0.4, -0.2) is 26.4 Å². The molecular formula is C15H17N3O2. The fraction of sp³-hybridized carbons (Fsp3) is 0.333. The summed E-state index contributed by atoms with van der Waals surface area (Å²) in [7, 11) is 0. The molecule has 5 heteroatoms. The summed E-state index contributed by atoms with van der Waals surface area (Å²) in [5.74, 6) is -0.888. The highest BCUT2D eigenvalue weighted by molar-refractivity contribution is 5.79. The molecule has 1 aromatic heterocycles. The van der Waals surface area contributed by atoms with Crippen LogP contribution in [0.1, 0.15) is 12.8 Å². The number of rotatable bonds is 5. The van der Waals surface area contributed by atoms with Gasteiger partial charge in [-0.3, -0.25) is 9.48 Å². The van der Waals surface area contributed by atoms with Gasteiger partial charge in [-0.1, -0.05) is 30.3 Å². The minimum absolute atomic E-state index is 0.0596. The first kappa shape index (κ1) is 12.9. The Hall–Kier alpha value is -2.14. The topological polar surface area (TPSA) is 81.1 Å². The van der Waals surface area contributed by atoms with E-state index in [1.165, 1.54) is 0 Å². The van der Waals surface area contributed by atoms with Gasteiger partial charge in [0.05, 0.1) is 12.7 Å². The zero-order chi connectivity index (χ0) is 14.2. The van der Waals surface area contributed by atoms with E-state index in [1.807, 2.05) is 36.5 Å². The molecule has 0 aliphatic heterocycles. The average molecular weight is 271 g/mol. The predicted octanol–water partition coefficient (Wildman–Crippen LogP) is 1.74. The monoisotopic (exact) mass is 271 g/mol. The van der Waals surface area contributed by atoms with Crippen molar-refractivity contribution in [3.8, 4) is 11.1 Å². The summed E-state index contributed by atoms with van der Waals surface area (Å²) in [4.78, 5) is 11.4. The van der Waals surface area contributed by atoms with Gasteiger partial charge in [0.25, 0.3) is 0 Å². The van der Waals surface area contributed by atoms with Crippen molar-refractivity contribution in [1.29, 1.82) is 0 Å².